The summed E-state index contributed by atoms with van der Waals surface area (Å²) in [5.41, 5.74) is 5.70. The molecule has 172 valence electrons. The molecule has 1 unspecified atom stereocenters. The van der Waals surface area contributed by atoms with E-state index in [-0.39, 0.29) is 16.0 Å². The van der Waals surface area contributed by atoms with Gasteiger partial charge in [0.05, 0.1) is 22.8 Å². The molecule has 1 aliphatic rings. The molecule has 0 fully saturated rings. The second-order valence-corrected chi connectivity index (χ2v) is 11.0. The molecule has 3 aromatic rings. The van der Waals surface area contributed by atoms with Crippen LogP contribution < -0.4 is 10.1 Å². The van der Waals surface area contributed by atoms with E-state index in [1.165, 1.54) is 0 Å². The number of rotatable bonds is 6. The van der Waals surface area contributed by atoms with Crippen LogP contribution in [0, 0.1) is 6.92 Å². The van der Waals surface area contributed by atoms with Crippen LogP contribution in [-0.4, -0.2) is 14.1 Å². The summed E-state index contributed by atoms with van der Waals surface area (Å²) in [5.74, 6) is 0. The van der Waals surface area contributed by atoms with E-state index in [4.69, 9.17) is 46.4 Å². The lowest BCUT2D eigenvalue weighted by Crippen LogP contribution is -2.34. The molecule has 0 radical (unpaired) electrons. The predicted octanol–water partition coefficient (Wildman–Crippen LogP) is 6.72. The van der Waals surface area contributed by atoms with E-state index in [2.05, 4.69) is 15.2 Å². The fourth-order valence-corrected chi connectivity index (χ4v) is 6.43. The molecule has 0 saturated heterocycles. The summed E-state index contributed by atoms with van der Waals surface area (Å²) in [6, 6.07) is 16.3. The fraction of sp³-hybridized carbons (Fsp3) is 0.174. The summed E-state index contributed by atoms with van der Waals surface area (Å²) >= 11 is 24.8. The van der Waals surface area contributed by atoms with Crippen molar-refractivity contribution >= 4 is 62.1 Å². The minimum Gasteiger partial charge on any atom is -0.302 e. The third kappa shape index (κ3) is 5.32. The first-order chi connectivity index (χ1) is 15.7. The molecule has 4 rings (SSSR count). The van der Waals surface area contributed by atoms with Crippen molar-refractivity contribution in [2.24, 2.45) is 5.10 Å². The monoisotopic (exact) mass is 541 g/mol. The minimum atomic E-state index is -4.02. The first-order valence-corrected chi connectivity index (χ1v) is 12.9. The summed E-state index contributed by atoms with van der Waals surface area (Å²) in [6.45, 7) is 1.69. The van der Waals surface area contributed by atoms with Crippen LogP contribution in [0.25, 0.3) is 0 Å². The molecule has 33 heavy (non-hydrogen) atoms. The molecule has 3 aromatic carbocycles. The van der Waals surface area contributed by atoms with Gasteiger partial charge in [-0.1, -0.05) is 76.7 Å². The maximum atomic E-state index is 13.4. The van der Waals surface area contributed by atoms with Crippen molar-refractivity contribution in [3.05, 3.63) is 97.4 Å². The number of sulfonamides is 1. The maximum absolute atomic E-state index is 13.4. The predicted molar refractivity (Wildman–Crippen MR) is 135 cm³/mol. The van der Waals surface area contributed by atoms with Gasteiger partial charge in [-0.05, 0) is 53.9 Å². The first kappa shape index (κ1) is 24.3. The highest BCUT2D eigenvalue weighted by Crippen LogP contribution is 2.34. The summed E-state index contributed by atoms with van der Waals surface area (Å²) in [6.07, 6.45) is 0.454. The van der Waals surface area contributed by atoms with Crippen molar-refractivity contribution < 1.29 is 8.42 Å². The number of nitrogens with zero attached hydrogens (tertiary/aromatic N) is 1. The standard InChI is InChI=1S/C23H19Cl4N3O2S/c1-13-3-2-4-18(26)23(13)33(31,32)30-22(17-10-9-16(25)11-19(17)27)21-12-20(28-29-21)14-5-7-15(24)8-6-14/h2-11,20,22,28,30H,12H2,1H3/t20?,22-/m1/s1. The second kappa shape index (κ2) is 9.82. The SMILES string of the molecule is Cc1cccc(Cl)c1S(=O)(=O)N[C@@H](C1=NNC(c2ccc(Cl)cc2)C1)c1ccc(Cl)cc1Cl. The van der Waals surface area contributed by atoms with E-state index in [1.54, 1.807) is 55.5 Å². The number of nitrogens with one attached hydrogen (secondary N) is 2. The summed E-state index contributed by atoms with van der Waals surface area (Å²) in [5, 5.41) is 5.99. The van der Waals surface area contributed by atoms with Gasteiger partial charge in [0, 0.05) is 21.5 Å². The molecule has 0 aromatic heterocycles. The summed E-state index contributed by atoms with van der Waals surface area (Å²) in [4.78, 5) is 0.0163. The van der Waals surface area contributed by atoms with Gasteiger partial charge in [0.15, 0.2) is 0 Å². The zero-order chi connectivity index (χ0) is 23.8. The molecule has 0 amide bonds. The Kier molecular flexibility index (Phi) is 7.24. The minimum absolute atomic E-state index is 0.0163. The molecule has 2 N–H and O–H groups in total. The smallest absolute Gasteiger partial charge is 0.243 e. The van der Waals surface area contributed by atoms with Gasteiger partial charge in [-0.15, -0.1) is 0 Å². The van der Waals surface area contributed by atoms with Crippen LogP contribution in [-0.2, 0) is 10.0 Å². The lowest BCUT2D eigenvalue weighted by atomic mass is 9.96. The van der Waals surface area contributed by atoms with E-state index < -0.39 is 16.1 Å². The van der Waals surface area contributed by atoms with E-state index in [1.807, 2.05) is 12.1 Å². The molecular weight excluding hydrogens is 524 g/mol. The van der Waals surface area contributed by atoms with Crippen molar-refractivity contribution in [3.63, 3.8) is 0 Å². The van der Waals surface area contributed by atoms with Crippen LogP contribution in [0.5, 0.6) is 0 Å². The number of hydrogen-bond donors (Lipinski definition) is 2. The van der Waals surface area contributed by atoms with Crippen molar-refractivity contribution in [1.82, 2.24) is 10.1 Å². The molecule has 0 bridgehead atoms. The molecule has 2 atom stereocenters. The van der Waals surface area contributed by atoms with Crippen LogP contribution in [0.1, 0.15) is 35.2 Å². The Morgan fingerprint density at radius 3 is 2.33 bits per heavy atom. The van der Waals surface area contributed by atoms with E-state index in [0.717, 1.165) is 5.56 Å². The van der Waals surface area contributed by atoms with Crippen molar-refractivity contribution in [3.8, 4) is 0 Å². The van der Waals surface area contributed by atoms with Crippen molar-refractivity contribution in [2.45, 2.75) is 30.3 Å². The topological polar surface area (TPSA) is 70.6 Å². The average Bonchev–Trinajstić information content (AvgIpc) is 3.23. The first-order valence-electron chi connectivity index (χ1n) is 9.95. The molecule has 5 nitrogen and oxygen atoms in total. The average molecular weight is 543 g/mol. The normalized spacial score (nSPS) is 16.9. The quantitative estimate of drug-likeness (QED) is 0.363. The van der Waals surface area contributed by atoms with Gasteiger partial charge >= 0.3 is 0 Å². The van der Waals surface area contributed by atoms with Gasteiger partial charge in [0.25, 0.3) is 0 Å². The number of hydrazone groups is 1. The van der Waals surface area contributed by atoms with Crippen LogP contribution in [0.15, 0.2) is 70.7 Å². The lowest BCUT2D eigenvalue weighted by Gasteiger charge is -2.22. The molecule has 0 spiro atoms. The van der Waals surface area contributed by atoms with Gasteiger partial charge < -0.3 is 5.43 Å². The van der Waals surface area contributed by atoms with E-state index in [0.29, 0.717) is 38.3 Å². The molecule has 0 aliphatic carbocycles. The van der Waals surface area contributed by atoms with Crippen LogP contribution in [0.2, 0.25) is 20.1 Å². The van der Waals surface area contributed by atoms with Crippen LogP contribution in [0.3, 0.4) is 0 Å². The van der Waals surface area contributed by atoms with Gasteiger partial charge in [-0.25, -0.2) is 8.42 Å². The van der Waals surface area contributed by atoms with E-state index in [9.17, 15) is 8.42 Å². The Balaban J connectivity index is 1.71. The Labute approximate surface area is 212 Å². The lowest BCUT2D eigenvalue weighted by molar-refractivity contribution is 0.576. The Morgan fingerprint density at radius 2 is 1.67 bits per heavy atom. The molecule has 0 saturated carbocycles. The number of halogens is 4. The van der Waals surface area contributed by atoms with Gasteiger partial charge in [-0.3, -0.25) is 0 Å². The van der Waals surface area contributed by atoms with Crippen molar-refractivity contribution in [1.29, 1.82) is 0 Å². The number of aryl methyl sites for hydroxylation is 1. The highest BCUT2D eigenvalue weighted by Gasteiger charge is 2.33. The highest BCUT2D eigenvalue weighted by atomic mass is 35.5. The van der Waals surface area contributed by atoms with E-state index >= 15 is 0 Å². The van der Waals surface area contributed by atoms with Gasteiger partial charge in [-0.2, -0.15) is 9.82 Å². The number of hydrogen-bond acceptors (Lipinski definition) is 4. The summed E-state index contributed by atoms with van der Waals surface area (Å²) < 4.78 is 29.6. The molecule has 10 heteroatoms. The largest absolute Gasteiger partial charge is 0.302 e. The van der Waals surface area contributed by atoms with Crippen LogP contribution >= 0.6 is 46.4 Å². The highest BCUT2D eigenvalue weighted by molar-refractivity contribution is 7.89. The molecular formula is C23H19Cl4N3O2S. The fourth-order valence-electron chi connectivity index (χ4n) is 3.75. The van der Waals surface area contributed by atoms with Gasteiger partial charge in [0.1, 0.15) is 4.90 Å². The third-order valence-electron chi connectivity index (χ3n) is 5.36. The zero-order valence-corrected chi connectivity index (χ0v) is 21.2. The Hall–Kier alpha value is -1.80. The van der Waals surface area contributed by atoms with Crippen LogP contribution in [0.4, 0.5) is 0 Å². The maximum Gasteiger partial charge on any atom is 0.243 e. The van der Waals surface area contributed by atoms with Gasteiger partial charge in [0.2, 0.25) is 10.0 Å². The second-order valence-electron chi connectivity index (χ2n) is 7.65. The molecule has 1 aliphatic heterocycles. The Morgan fingerprint density at radius 1 is 0.970 bits per heavy atom. The third-order valence-corrected chi connectivity index (χ3v) is 8.23. The number of benzene rings is 3. The van der Waals surface area contributed by atoms with Crippen molar-refractivity contribution in [2.75, 3.05) is 0 Å². The zero-order valence-electron chi connectivity index (χ0n) is 17.3. The Bertz CT molecular complexity index is 1310. The molecule has 1 heterocycles. The summed E-state index contributed by atoms with van der Waals surface area (Å²) in [7, 11) is -4.02.